The highest BCUT2D eigenvalue weighted by molar-refractivity contribution is 5.67. The van der Waals surface area contributed by atoms with Gasteiger partial charge in [0.1, 0.15) is 6.61 Å². The first-order valence-corrected chi connectivity index (χ1v) is 22.7. The summed E-state index contributed by atoms with van der Waals surface area (Å²) in [5.74, 6) is 1.85. The van der Waals surface area contributed by atoms with E-state index in [1.54, 1.807) is 30.3 Å². The molecule has 0 aliphatic heterocycles. The van der Waals surface area contributed by atoms with Gasteiger partial charge in [0.15, 0.2) is 0 Å². The fourth-order valence-corrected chi connectivity index (χ4v) is 6.98. The molecule has 2 rings (SSSR count). The number of nitro benzene ring substituents is 2. The van der Waals surface area contributed by atoms with Gasteiger partial charge in [-0.15, -0.1) is 0 Å². The lowest BCUT2D eigenvalue weighted by molar-refractivity contribution is -0.386. The van der Waals surface area contributed by atoms with Crippen molar-refractivity contribution in [2.24, 2.45) is 17.8 Å². The van der Waals surface area contributed by atoms with Gasteiger partial charge in [-0.3, -0.25) is 20.2 Å². The van der Waals surface area contributed by atoms with Crippen LogP contribution in [0.4, 0.5) is 16.2 Å². The molecule has 0 saturated carbocycles. The van der Waals surface area contributed by atoms with Crippen LogP contribution in [0.1, 0.15) is 176 Å². The van der Waals surface area contributed by atoms with Gasteiger partial charge in [-0.1, -0.05) is 157 Å². The molecular formula is C47H82N4O7. The molecule has 0 aliphatic rings. The van der Waals surface area contributed by atoms with Crippen molar-refractivity contribution < 1.29 is 24.5 Å². The summed E-state index contributed by atoms with van der Waals surface area (Å²) in [7, 11) is 0. The lowest BCUT2D eigenvalue weighted by atomic mass is 9.95. The second-order valence-corrected chi connectivity index (χ2v) is 15.6. The number of aliphatic hydroxyl groups excluding tert-OH is 1. The molecule has 2 aromatic carbocycles. The van der Waals surface area contributed by atoms with Crippen molar-refractivity contribution in [3.8, 4) is 0 Å². The molecule has 2 aromatic rings. The van der Waals surface area contributed by atoms with E-state index in [4.69, 9.17) is 9.84 Å². The summed E-state index contributed by atoms with van der Waals surface area (Å²) >= 11 is 0. The van der Waals surface area contributed by atoms with Crippen molar-refractivity contribution in [2.75, 3.05) is 19.6 Å². The lowest BCUT2D eigenvalue weighted by Gasteiger charge is -2.30. The quantitative estimate of drug-likeness (QED) is 0.0609. The van der Waals surface area contributed by atoms with Crippen LogP contribution in [0.2, 0.25) is 0 Å². The predicted molar refractivity (Wildman–Crippen MR) is 240 cm³/mol. The Bertz CT molecular complexity index is 1310. The highest BCUT2D eigenvalue weighted by Gasteiger charge is 2.24. The molecule has 0 spiro atoms. The van der Waals surface area contributed by atoms with Crippen molar-refractivity contribution in [2.45, 2.75) is 184 Å². The molecular weight excluding hydrogens is 733 g/mol. The van der Waals surface area contributed by atoms with Gasteiger partial charge in [0.25, 0.3) is 11.4 Å². The van der Waals surface area contributed by atoms with Gasteiger partial charge in [0, 0.05) is 31.3 Å². The minimum atomic E-state index is -0.508. The van der Waals surface area contributed by atoms with Crippen molar-refractivity contribution in [1.82, 2.24) is 10.2 Å². The zero-order valence-corrected chi connectivity index (χ0v) is 37.7. The van der Waals surface area contributed by atoms with E-state index >= 15 is 0 Å². The third-order valence-corrected chi connectivity index (χ3v) is 11.1. The second kappa shape index (κ2) is 35.4. The van der Waals surface area contributed by atoms with Crippen LogP contribution in [0.15, 0.2) is 48.5 Å². The fraction of sp³-hybridized carbons (Fsp3) is 0.723. The SMILES string of the molecule is CCCCC(CC)CCNC(CC)CCCC.CCCCC(CC)CN(CC(CC)CCCC)C(=O)OCc1ccccc1[N+](=O)[O-].O=[N+]([O-])c1ccccc1CO. The van der Waals surface area contributed by atoms with E-state index in [1.165, 1.54) is 82.5 Å². The Morgan fingerprint density at radius 2 is 1.07 bits per heavy atom. The Balaban J connectivity index is 0.000000967. The number of hydrogen-bond acceptors (Lipinski definition) is 8. The van der Waals surface area contributed by atoms with Gasteiger partial charge in [0.05, 0.1) is 27.6 Å². The first kappa shape index (κ1) is 54.4. The van der Waals surface area contributed by atoms with Crippen LogP contribution >= 0.6 is 0 Å². The fourth-order valence-electron chi connectivity index (χ4n) is 6.98. The smallest absolute Gasteiger partial charge is 0.410 e. The molecule has 0 fully saturated rings. The summed E-state index contributed by atoms with van der Waals surface area (Å²) < 4.78 is 5.56. The number of ether oxygens (including phenoxy) is 1. The maximum absolute atomic E-state index is 13.0. The molecule has 58 heavy (non-hydrogen) atoms. The summed E-state index contributed by atoms with van der Waals surface area (Å²) in [6.07, 6.45) is 20.8. The number of nitro groups is 2. The van der Waals surface area contributed by atoms with Crippen LogP contribution in [0, 0.1) is 38.0 Å². The molecule has 0 radical (unpaired) electrons. The van der Waals surface area contributed by atoms with E-state index in [9.17, 15) is 25.0 Å². The number of aliphatic hydroxyl groups is 1. The van der Waals surface area contributed by atoms with Crippen molar-refractivity contribution in [3.05, 3.63) is 79.9 Å². The number of rotatable bonds is 29. The van der Waals surface area contributed by atoms with E-state index in [2.05, 4.69) is 60.7 Å². The third kappa shape index (κ3) is 24.4. The van der Waals surface area contributed by atoms with E-state index in [-0.39, 0.29) is 30.7 Å². The molecule has 0 bridgehead atoms. The number of benzene rings is 2. The van der Waals surface area contributed by atoms with Crippen molar-refractivity contribution in [3.63, 3.8) is 0 Å². The lowest BCUT2D eigenvalue weighted by Crippen LogP contribution is -2.39. The van der Waals surface area contributed by atoms with Crippen LogP contribution in [0.5, 0.6) is 0 Å². The largest absolute Gasteiger partial charge is 0.444 e. The molecule has 2 N–H and O–H groups in total. The van der Waals surface area contributed by atoms with Crippen molar-refractivity contribution >= 4 is 17.5 Å². The monoisotopic (exact) mass is 815 g/mol. The van der Waals surface area contributed by atoms with Crippen LogP contribution in [-0.2, 0) is 18.0 Å². The molecule has 0 heterocycles. The molecule has 0 aromatic heterocycles. The van der Waals surface area contributed by atoms with E-state index in [1.807, 2.05) is 4.90 Å². The zero-order valence-electron chi connectivity index (χ0n) is 37.7. The predicted octanol–water partition coefficient (Wildman–Crippen LogP) is 13.2. The molecule has 11 nitrogen and oxygen atoms in total. The standard InChI is InChI=1S/C24H40N2O4.C16H35N.C7H7NO3/c1-5-9-13-20(7-3)17-25(18-21(8-4)14-10-6-2)24(27)30-19-22-15-11-12-16-23(22)26(28)29;1-5-9-11-15(7-3)13-14-17-16(8-4)12-10-6-2;9-5-6-3-1-2-4-7(6)8(10)11/h11-12,15-16,20-21H,5-10,13-14,17-19H2,1-4H3;15-17H,5-14H2,1-4H3;1-4,9H,5H2. The molecule has 0 saturated heterocycles. The van der Waals surface area contributed by atoms with E-state index in [0.717, 1.165) is 63.3 Å². The summed E-state index contributed by atoms with van der Waals surface area (Å²) in [4.78, 5) is 35.4. The molecule has 11 heteroatoms. The number of carbonyl (C=O) groups excluding carboxylic acids is 1. The normalized spacial score (nSPS) is 12.8. The Morgan fingerprint density at radius 3 is 1.48 bits per heavy atom. The van der Waals surface area contributed by atoms with E-state index in [0.29, 0.717) is 36.1 Å². The average molecular weight is 815 g/mol. The number of para-hydroxylation sites is 2. The Hall–Kier alpha value is -3.57. The molecule has 332 valence electrons. The van der Waals surface area contributed by atoms with Crippen molar-refractivity contribution in [1.29, 1.82) is 0 Å². The number of unbranched alkanes of at least 4 members (excludes halogenated alkanes) is 4. The van der Waals surface area contributed by atoms with E-state index < -0.39 is 9.85 Å². The number of carbonyl (C=O) groups is 1. The van der Waals surface area contributed by atoms with Gasteiger partial charge in [-0.05, 0) is 68.5 Å². The summed E-state index contributed by atoms with van der Waals surface area (Å²) in [5.41, 5.74) is 0.722. The van der Waals surface area contributed by atoms with Crippen LogP contribution in [0.3, 0.4) is 0 Å². The number of hydrogen-bond donors (Lipinski definition) is 2. The molecule has 1 amide bonds. The zero-order chi connectivity index (χ0) is 43.6. The topological polar surface area (TPSA) is 148 Å². The summed E-state index contributed by atoms with van der Waals surface area (Å²) in [6.45, 7) is 20.2. The van der Waals surface area contributed by atoms with Gasteiger partial charge >= 0.3 is 6.09 Å². The van der Waals surface area contributed by atoms with Gasteiger partial charge in [-0.2, -0.15) is 0 Å². The Morgan fingerprint density at radius 1 is 0.638 bits per heavy atom. The maximum atomic E-state index is 13.0. The first-order valence-electron chi connectivity index (χ1n) is 22.7. The van der Waals surface area contributed by atoms with Crippen LogP contribution in [0.25, 0.3) is 0 Å². The molecule has 0 aliphatic carbocycles. The van der Waals surface area contributed by atoms with Gasteiger partial charge < -0.3 is 20.1 Å². The van der Waals surface area contributed by atoms with Crippen LogP contribution in [-0.4, -0.2) is 51.6 Å². The first-order chi connectivity index (χ1) is 28.0. The highest BCUT2D eigenvalue weighted by atomic mass is 16.6. The highest BCUT2D eigenvalue weighted by Crippen LogP contribution is 2.23. The molecule has 4 atom stereocenters. The number of nitrogens with zero attached hydrogens (tertiary/aromatic N) is 3. The minimum Gasteiger partial charge on any atom is -0.444 e. The minimum absolute atomic E-state index is 0.0133. The summed E-state index contributed by atoms with van der Waals surface area (Å²) in [5, 5.41) is 33.9. The molecule has 4 unspecified atom stereocenters. The maximum Gasteiger partial charge on any atom is 0.410 e. The Labute approximate surface area is 352 Å². The Kier molecular flexibility index (Phi) is 33.2. The third-order valence-electron chi connectivity index (χ3n) is 11.1. The van der Waals surface area contributed by atoms with Gasteiger partial charge in [0.2, 0.25) is 0 Å². The number of nitrogens with one attached hydrogen (secondary N) is 1. The summed E-state index contributed by atoms with van der Waals surface area (Å²) in [6, 6.07) is 13.3. The average Bonchev–Trinajstić information content (AvgIpc) is 3.24. The second-order valence-electron chi connectivity index (χ2n) is 15.6. The van der Waals surface area contributed by atoms with Crippen LogP contribution < -0.4 is 5.32 Å². The number of amides is 1. The van der Waals surface area contributed by atoms with Gasteiger partial charge in [-0.25, -0.2) is 4.79 Å².